The smallest absolute Gasteiger partial charge is 0.234 e. The topological polar surface area (TPSA) is 88.9 Å². The Kier molecular flexibility index (Phi) is 4.83. The van der Waals surface area contributed by atoms with Crippen molar-refractivity contribution >= 4 is 34.0 Å². The lowest BCUT2D eigenvalue weighted by atomic mass is 9.90. The second kappa shape index (κ2) is 7.81. The first-order chi connectivity index (χ1) is 15.1. The number of nitrogens with one attached hydrogen (secondary N) is 2. The number of carbonyl (C=O) groups is 2. The summed E-state index contributed by atoms with van der Waals surface area (Å²) in [6, 6.07) is 17.2. The Balaban J connectivity index is 1.51. The molecule has 0 bridgehead atoms. The number of imidazole rings is 1. The summed E-state index contributed by atoms with van der Waals surface area (Å²) >= 11 is 1.37. The largest absolute Gasteiger partial charge is 0.333 e. The van der Waals surface area contributed by atoms with E-state index >= 15 is 0 Å². The van der Waals surface area contributed by atoms with Crippen LogP contribution in [0.2, 0.25) is 0 Å². The predicted molar refractivity (Wildman–Crippen MR) is 121 cm³/mol. The van der Waals surface area contributed by atoms with E-state index in [0.29, 0.717) is 10.8 Å². The Morgan fingerprint density at radius 3 is 2.71 bits per heavy atom. The molecule has 154 valence electrons. The fourth-order valence-corrected chi connectivity index (χ4v) is 4.77. The molecule has 7 nitrogen and oxygen atoms in total. The number of benzene rings is 2. The van der Waals surface area contributed by atoms with Crippen molar-refractivity contribution in [2.75, 3.05) is 10.6 Å². The van der Waals surface area contributed by atoms with E-state index in [4.69, 9.17) is 4.98 Å². The van der Waals surface area contributed by atoms with Gasteiger partial charge in [-0.3, -0.25) is 9.59 Å². The molecule has 0 aliphatic carbocycles. The van der Waals surface area contributed by atoms with Gasteiger partial charge in [0.2, 0.25) is 11.8 Å². The Labute approximate surface area is 182 Å². The number of thiazole rings is 1. The molecular formula is C23H19N5O2S. The van der Waals surface area contributed by atoms with Crippen molar-refractivity contribution in [3.63, 3.8) is 0 Å². The summed E-state index contributed by atoms with van der Waals surface area (Å²) in [7, 11) is 1.92. The number of rotatable bonds is 4. The van der Waals surface area contributed by atoms with Crippen molar-refractivity contribution in [2.24, 2.45) is 7.05 Å². The highest BCUT2D eigenvalue weighted by Crippen LogP contribution is 2.39. The van der Waals surface area contributed by atoms with E-state index in [2.05, 4.69) is 15.6 Å². The second-order valence-electron chi connectivity index (χ2n) is 7.31. The number of aryl methyl sites for hydroxylation is 1. The average molecular weight is 430 g/mol. The minimum absolute atomic E-state index is 0.103. The molecule has 1 atom stereocenters. The number of carbonyl (C=O) groups excluding carboxylic acids is 2. The predicted octanol–water partition coefficient (Wildman–Crippen LogP) is 4.28. The van der Waals surface area contributed by atoms with Crippen LogP contribution in [-0.4, -0.2) is 26.3 Å². The molecule has 5 rings (SSSR count). The second-order valence-corrected chi connectivity index (χ2v) is 8.30. The number of fused-ring (bicyclic) bond motifs is 1. The Morgan fingerprint density at radius 2 is 1.94 bits per heavy atom. The van der Waals surface area contributed by atoms with Crippen LogP contribution < -0.4 is 10.6 Å². The van der Waals surface area contributed by atoms with Crippen molar-refractivity contribution in [1.29, 1.82) is 0 Å². The fourth-order valence-electron chi connectivity index (χ4n) is 3.74. The molecule has 0 saturated carbocycles. The van der Waals surface area contributed by atoms with Crippen LogP contribution in [0.1, 0.15) is 17.9 Å². The van der Waals surface area contributed by atoms with Crippen LogP contribution in [0.3, 0.4) is 0 Å². The molecule has 4 aromatic rings. The van der Waals surface area contributed by atoms with Crippen LogP contribution in [0.15, 0.2) is 67.0 Å². The molecule has 31 heavy (non-hydrogen) atoms. The van der Waals surface area contributed by atoms with E-state index in [1.807, 2.05) is 72.4 Å². The summed E-state index contributed by atoms with van der Waals surface area (Å²) in [5.74, 6) is -0.205. The van der Waals surface area contributed by atoms with Gasteiger partial charge in [0.15, 0.2) is 11.0 Å². The van der Waals surface area contributed by atoms with E-state index in [-0.39, 0.29) is 18.2 Å². The maximum Gasteiger partial charge on any atom is 0.234 e. The molecule has 0 saturated heterocycles. The van der Waals surface area contributed by atoms with Crippen molar-refractivity contribution < 1.29 is 9.59 Å². The highest BCUT2D eigenvalue weighted by Gasteiger charge is 2.31. The first kappa shape index (κ1) is 19.2. The van der Waals surface area contributed by atoms with Crippen LogP contribution in [0, 0.1) is 0 Å². The van der Waals surface area contributed by atoms with Crippen LogP contribution >= 0.6 is 11.3 Å². The molecule has 8 heteroatoms. The Morgan fingerprint density at radius 1 is 1.16 bits per heavy atom. The number of para-hydroxylation sites is 1. The van der Waals surface area contributed by atoms with Gasteiger partial charge in [-0.05, 0) is 11.6 Å². The number of nitrogens with zero attached hydrogens (tertiary/aromatic N) is 3. The third kappa shape index (κ3) is 3.62. The van der Waals surface area contributed by atoms with E-state index in [0.717, 1.165) is 27.5 Å². The van der Waals surface area contributed by atoms with E-state index in [1.54, 1.807) is 6.20 Å². The molecule has 2 amide bonds. The highest BCUT2D eigenvalue weighted by atomic mass is 32.1. The van der Waals surface area contributed by atoms with Crippen LogP contribution in [0.25, 0.3) is 22.0 Å². The molecule has 0 radical (unpaired) electrons. The van der Waals surface area contributed by atoms with Crippen molar-refractivity contribution in [3.8, 4) is 22.0 Å². The molecular weight excluding hydrogens is 410 g/mol. The van der Waals surface area contributed by atoms with Gasteiger partial charge < -0.3 is 15.2 Å². The normalized spacial score (nSPS) is 15.3. The third-order valence-electron chi connectivity index (χ3n) is 5.25. The standard InChI is InChI=1S/C23H19N5O2S/c1-28-12-11-24-21(28)20-19(14-7-3-2-4-8-14)26-23(31-20)27-22(30)16-13-18(29)25-17-10-6-5-9-15(16)17/h2-12,16H,13H2,1H3,(H,25,29)(H,26,27,30). The zero-order chi connectivity index (χ0) is 21.4. The number of hydrogen-bond acceptors (Lipinski definition) is 5. The third-order valence-corrected chi connectivity index (χ3v) is 6.21. The van der Waals surface area contributed by atoms with Gasteiger partial charge in [0.1, 0.15) is 0 Å². The first-order valence-electron chi connectivity index (χ1n) is 9.84. The van der Waals surface area contributed by atoms with E-state index in [9.17, 15) is 9.59 Å². The Bertz CT molecular complexity index is 1280. The zero-order valence-corrected chi connectivity index (χ0v) is 17.5. The summed E-state index contributed by atoms with van der Waals surface area (Å²) in [6.07, 6.45) is 3.71. The molecule has 1 aliphatic rings. The monoisotopic (exact) mass is 429 g/mol. The van der Waals surface area contributed by atoms with Crippen molar-refractivity contribution in [3.05, 3.63) is 72.6 Å². The van der Waals surface area contributed by atoms with Crippen LogP contribution in [0.5, 0.6) is 0 Å². The van der Waals surface area contributed by atoms with E-state index in [1.165, 1.54) is 11.3 Å². The average Bonchev–Trinajstić information content (AvgIpc) is 3.39. The van der Waals surface area contributed by atoms with Gasteiger partial charge in [-0.25, -0.2) is 9.97 Å². The van der Waals surface area contributed by atoms with Gasteiger partial charge in [-0.15, -0.1) is 0 Å². The molecule has 1 aliphatic heterocycles. The van der Waals surface area contributed by atoms with Crippen LogP contribution in [-0.2, 0) is 16.6 Å². The quantitative estimate of drug-likeness (QED) is 0.507. The number of hydrogen-bond donors (Lipinski definition) is 2. The van der Waals surface area contributed by atoms with Gasteiger partial charge in [0.25, 0.3) is 0 Å². The molecule has 2 aromatic heterocycles. The lowest BCUT2D eigenvalue weighted by Crippen LogP contribution is -2.30. The Hall–Kier alpha value is -3.78. The summed E-state index contributed by atoms with van der Waals surface area (Å²) in [5, 5.41) is 6.24. The fraction of sp³-hybridized carbons (Fsp3) is 0.130. The SMILES string of the molecule is Cn1ccnc1-c1sc(NC(=O)C2CC(=O)Nc3ccccc32)nc1-c1ccccc1. The number of amides is 2. The van der Waals surface area contributed by atoms with Crippen molar-refractivity contribution in [2.45, 2.75) is 12.3 Å². The minimum atomic E-state index is -0.564. The summed E-state index contributed by atoms with van der Waals surface area (Å²) in [6.45, 7) is 0. The van der Waals surface area contributed by atoms with Gasteiger partial charge in [0.05, 0.1) is 16.5 Å². The van der Waals surface area contributed by atoms with Gasteiger partial charge in [-0.1, -0.05) is 59.9 Å². The van der Waals surface area contributed by atoms with Gasteiger partial charge >= 0.3 is 0 Å². The first-order valence-corrected chi connectivity index (χ1v) is 10.7. The lowest BCUT2D eigenvalue weighted by Gasteiger charge is -2.24. The minimum Gasteiger partial charge on any atom is -0.333 e. The van der Waals surface area contributed by atoms with E-state index < -0.39 is 5.92 Å². The molecule has 3 heterocycles. The summed E-state index contributed by atoms with van der Waals surface area (Å²) < 4.78 is 1.92. The number of aromatic nitrogens is 3. The molecule has 0 spiro atoms. The highest BCUT2D eigenvalue weighted by molar-refractivity contribution is 7.19. The maximum absolute atomic E-state index is 13.1. The molecule has 0 fully saturated rings. The summed E-state index contributed by atoms with van der Waals surface area (Å²) in [4.78, 5) is 35.3. The lowest BCUT2D eigenvalue weighted by molar-refractivity contribution is -0.123. The maximum atomic E-state index is 13.1. The zero-order valence-electron chi connectivity index (χ0n) is 16.7. The molecule has 1 unspecified atom stereocenters. The molecule has 2 N–H and O–H groups in total. The number of anilines is 2. The van der Waals surface area contributed by atoms with Crippen LogP contribution in [0.4, 0.5) is 10.8 Å². The van der Waals surface area contributed by atoms with Gasteiger partial charge in [0, 0.05) is 37.1 Å². The van der Waals surface area contributed by atoms with Gasteiger partial charge in [-0.2, -0.15) is 0 Å². The molecule has 2 aromatic carbocycles. The van der Waals surface area contributed by atoms with Crippen molar-refractivity contribution in [1.82, 2.24) is 14.5 Å². The summed E-state index contributed by atoms with van der Waals surface area (Å²) in [5.41, 5.74) is 3.19.